The predicted octanol–water partition coefficient (Wildman–Crippen LogP) is -2.70. The molecule has 22 heteroatoms. The van der Waals surface area contributed by atoms with Crippen molar-refractivity contribution >= 4 is 44.6 Å². The van der Waals surface area contributed by atoms with Gasteiger partial charge in [0.05, 0.1) is 24.5 Å². The Labute approximate surface area is 284 Å². The molecule has 1 saturated heterocycles. The maximum absolute atomic E-state index is 13.2. The van der Waals surface area contributed by atoms with Crippen molar-refractivity contribution in [3.63, 3.8) is 0 Å². The van der Waals surface area contributed by atoms with Gasteiger partial charge in [0.25, 0.3) is 11.5 Å². The van der Waals surface area contributed by atoms with Gasteiger partial charge in [-0.05, 0) is 41.5 Å². The zero-order valence-electron chi connectivity index (χ0n) is 26.5. The van der Waals surface area contributed by atoms with E-state index in [9.17, 15) is 33.3 Å². The summed E-state index contributed by atoms with van der Waals surface area (Å²) in [5.41, 5.74) is 3.17. The number of esters is 2. The number of rotatable bonds is 9. The Balaban J connectivity index is 0.00000576. The molecular weight excluding hydrogens is 663 g/mol. The molecule has 0 aliphatic carbocycles. The Hall–Kier alpha value is -2.44. The predicted molar refractivity (Wildman–Crippen MR) is 151 cm³/mol. The van der Waals surface area contributed by atoms with Crippen LogP contribution in [-0.2, 0) is 48.8 Å². The summed E-state index contributed by atoms with van der Waals surface area (Å²) in [6.07, 6.45) is -1.42. The van der Waals surface area contributed by atoms with Crippen molar-refractivity contribution in [3.8, 4) is 0 Å². The van der Waals surface area contributed by atoms with Gasteiger partial charge in [-0.1, -0.05) is 4.98 Å². The Morgan fingerprint density at radius 1 is 1.15 bits per heavy atom. The van der Waals surface area contributed by atoms with Crippen molar-refractivity contribution in [2.75, 3.05) is 12.3 Å². The van der Waals surface area contributed by atoms with Gasteiger partial charge in [-0.2, -0.15) is 0 Å². The third-order valence-corrected chi connectivity index (χ3v) is 9.37. The number of H-pyrrole nitrogens is 1. The molecule has 0 radical (unpaired) electrons. The third-order valence-electron chi connectivity index (χ3n) is 6.44. The third kappa shape index (κ3) is 8.34. The van der Waals surface area contributed by atoms with E-state index in [1.165, 1.54) is 22.5 Å². The van der Waals surface area contributed by atoms with Gasteiger partial charge in [0, 0.05) is 12.4 Å². The molecule has 248 valence electrons. The number of nitrogens with zero attached hydrogens (tertiary/aromatic N) is 5. The first kappa shape index (κ1) is 38.0. The van der Waals surface area contributed by atoms with Crippen molar-refractivity contribution in [1.29, 1.82) is 0 Å². The second kappa shape index (κ2) is 13.6. The minimum Gasteiger partial charge on any atom is -0.761 e. The van der Waals surface area contributed by atoms with E-state index >= 15 is 0 Å². The van der Waals surface area contributed by atoms with E-state index in [-0.39, 0.29) is 46.7 Å². The van der Waals surface area contributed by atoms with E-state index < -0.39 is 75.0 Å². The number of ether oxygens (including phenoxy) is 3. The van der Waals surface area contributed by atoms with Crippen LogP contribution >= 0.6 is 15.6 Å². The summed E-state index contributed by atoms with van der Waals surface area (Å²) in [5, 5.41) is 0. The van der Waals surface area contributed by atoms with E-state index in [0.29, 0.717) is 4.34 Å². The van der Waals surface area contributed by atoms with Crippen LogP contribution in [0, 0.1) is 10.8 Å². The van der Waals surface area contributed by atoms with Crippen molar-refractivity contribution in [2.24, 2.45) is 17.9 Å². The van der Waals surface area contributed by atoms with E-state index in [0.717, 1.165) is 18.7 Å². The van der Waals surface area contributed by atoms with Crippen molar-refractivity contribution < 1.29 is 85.7 Å². The van der Waals surface area contributed by atoms with Crippen molar-refractivity contribution in [3.05, 3.63) is 35.4 Å². The van der Waals surface area contributed by atoms with Crippen LogP contribution in [0.1, 0.15) is 47.8 Å². The van der Waals surface area contributed by atoms with Crippen LogP contribution in [0.5, 0.6) is 0 Å². The topological polar surface area (TPSA) is 256 Å². The van der Waals surface area contributed by atoms with Crippen molar-refractivity contribution in [2.45, 2.75) is 66.1 Å². The van der Waals surface area contributed by atoms with Crippen molar-refractivity contribution in [1.82, 2.24) is 23.9 Å². The molecule has 4 heterocycles. The van der Waals surface area contributed by atoms with Gasteiger partial charge in [-0.3, -0.25) is 37.4 Å². The fraction of sp³-hybridized carbons (Fsp3) is 0.583. The van der Waals surface area contributed by atoms with E-state index in [2.05, 4.69) is 19.3 Å². The molecule has 0 saturated carbocycles. The summed E-state index contributed by atoms with van der Waals surface area (Å²) in [6.45, 7) is 8.59. The zero-order chi connectivity index (χ0) is 33.7. The first-order valence-electron chi connectivity index (χ1n) is 13.4. The standard InChI is InChI=1S/C24H35N7O12P2.Na/c1-23(2,3)20(33)41-15-13(10-39-45(37,38)43-44(35,36)30-9-8-26-11-30)40-19(16(15)42-21(34)24(4,5)6)31-12-29(7)14-17(31)27-22(25)28-18(14)32;/h8-9,11-13,15-16,19H,10H2,1-7H3,(H4-,25,27,28,32,35,36,37,38);/q;+1/t13-,15-,16-,19-;/m1./s1. The normalized spacial score (nSPS) is 22.9. The molecule has 19 nitrogen and oxygen atoms in total. The number of hydrogen-bond donors (Lipinski definition) is 3. The number of nitrogens with one attached hydrogen (secondary N) is 1. The maximum Gasteiger partial charge on any atom is 1.00 e. The molecule has 0 amide bonds. The molecule has 1 aliphatic heterocycles. The molecule has 4 N–H and O–H groups in total. The molecule has 1 aliphatic rings. The quantitative estimate of drug-likeness (QED) is 0.0889. The summed E-state index contributed by atoms with van der Waals surface area (Å²) >= 11 is 0. The number of imidazole rings is 2. The van der Waals surface area contributed by atoms with Crippen LogP contribution in [0.2, 0.25) is 0 Å². The average molecular weight is 699 g/mol. The SMILES string of the molecule is Cn1c[n+]([C@@H]2O[C@H](COP(=O)(O)OP(=O)([O-])n3ccnc3)[C@@H](OC(=O)C(C)(C)C)[C@H]2OC(=O)C(C)(C)C)c2nc(N)[nH]c(=O)c21.[Na+]. The number of anilines is 1. The molecule has 0 aromatic carbocycles. The van der Waals surface area contributed by atoms with Gasteiger partial charge >= 0.3 is 55.0 Å². The number of nitrogens with two attached hydrogens (primary N) is 1. The second-order valence-corrected chi connectivity index (χ2v) is 15.6. The minimum atomic E-state index is -5.35. The molecule has 0 bridgehead atoms. The molecule has 4 rings (SSSR count). The summed E-state index contributed by atoms with van der Waals surface area (Å²) < 4.78 is 55.5. The molecule has 3 aromatic rings. The Morgan fingerprint density at radius 2 is 1.74 bits per heavy atom. The number of fused-ring (bicyclic) bond motifs is 1. The Kier molecular flexibility index (Phi) is 11.2. The maximum atomic E-state index is 13.2. The monoisotopic (exact) mass is 698 g/mol. The second-order valence-electron chi connectivity index (χ2n) is 12.3. The number of aromatic amines is 1. The van der Waals surface area contributed by atoms with Gasteiger partial charge in [0.2, 0.25) is 19.5 Å². The molecule has 2 unspecified atom stereocenters. The molecule has 1 fully saturated rings. The van der Waals surface area contributed by atoms with Crippen LogP contribution < -0.4 is 50.3 Å². The molecule has 0 spiro atoms. The number of aryl methyl sites for hydroxylation is 1. The first-order valence-corrected chi connectivity index (χ1v) is 16.4. The number of nitrogen functional groups attached to an aromatic ring is 1. The van der Waals surface area contributed by atoms with E-state index in [4.69, 9.17) is 24.5 Å². The number of phosphoric ester groups is 1. The fourth-order valence-electron chi connectivity index (χ4n) is 4.15. The molecule has 3 aromatic heterocycles. The zero-order valence-corrected chi connectivity index (χ0v) is 30.3. The molecular formula is C24H35N7NaO12P2+. The molecule has 46 heavy (non-hydrogen) atoms. The number of phosphoric acid groups is 1. The number of aromatic nitrogens is 6. The first-order chi connectivity index (χ1) is 20.6. The van der Waals surface area contributed by atoms with Crippen LogP contribution in [0.15, 0.2) is 29.8 Å². The summed E-state index contributed by atoms with van der Waals surface area (Å²) in [4.78, 5) is 71.8. The number of carbonyl (C=O) groups is 2. The van der Waals surface area contributed by atoms with Gasteiger partial charge < -0.3 is 29.7 Å². The van der Waals surface area contributed by atoms with Gasteiger partial charge in [0.1, 0.15) is 12.4 Å². The van der Waals surface area contributed by atoms with Gasteiger partial charge in [-0.15, -0.1) is 0 Å². The van der Waals surface area contributed by atoms with Crippen LogP contribution in [0.4, 0.5) is 5.95 Å². The Bertz CT molecular complexity index is 1750. The smallest absolute Gasteiger partial charge is 0.761 e. The fourth-order valence-corrected chi connectivity index (χ4v) is 6.46. The summed E-state index contributed by atoms with van der Waals surface area (Å²) in [7, 11) is -8.99. The average Bonchev–Trinajstić information content (AvgIpc) is 3.61. The van der Waals surface area contributed by atoms with Crippen LogP contribution in [-0.4, -0.2) is 65.6 Å². The van der Waals surface area contributed by atoms with Crippen LogP contribution in [0.3, 0.4) is 0 Å². The number of hydrogen-bond acceptors (Lipinski definition) is 14. The Morgan fingerprint density at radius 3 is 2.28 bits per heavy atom. The minimum absolute atomic E-state index is 0. The van der Waals surface area contributed by atoms with Gasteiger partial charge in [0.15, 0.2) is 18.5 Å². The summed E-state index contributed by atoms with van der Waals surface area (Å²) in [5.74, 6) is -1.72. The molecule has 6 atom stereocenters. The van der Waals surface area contributed by atoms with E-state index in [1.807, 2.05) is 0 Å². The largest absolute Gasteiger partial charge is 1.00 e. The van der Waals surface area contributed by atoms with Gasteiger partial charge in [-0.25, -0.2) is 18.4 Å². The van der Waals surface area contributed by atoms with Crippen LogP contribution in [0.25, 0.3) is 11.2 Å². The number of carbonyl (C=O) groups excluding carboxylic acids is 2. The van der Waals surface area contributed by atoms with E-state index in [1.54, 1.807) is 41.5 Å². The summed E-state index contributed by atoms with van der Waals surface area (Å²) in [6, 6.07) is 0.